The van der Waals surface area contributed by atoms with Gasteiger partial charge < -0.3 is 5.11 Å². The van der Waals surface area contributed by atoms with Gasteiger partial charge in [-0.25, -0.2) is 5.06 Å². The van der Waals surface area contributed by atoms with Gasteiger partial charge in [-0.05, 0) is 17.5 Å². The average molecular weight is 327 g/mol. The molecule has 0 fully saturated rings. The van der Waals surface area contributed by atoms with Gasteiger partial charge in [0.25, 0.3) is 0 Å². The predicted octanol–water partition coefficient (Wildman–Crippen LogP) is 2.91. The molecule has 0 aliphatic heterocycles. The van der Waals surface area contributed by atoms with Gasteiger partial charge >= 0.3 is 5.97 Å². The quantitative estimate of drug-likeness (QED) is 0.757. The standard InChI is InChI=1S/C19H21NO4/c1-15(21)20(24-14-17-10-6-3-7-11-17)13-18(19(22)23)12-16-8-4-2-5-9-16/h2-11,18H,12-14H2,1H3,(H,22,23). The maximum atomic E-state index is 11.8. The topological polar surface area (TPSA) is 66.8 Å². The van der Waals surface area contributed by atoms with E-state index in [0.717, 1.165) is 16.2 Å². The van der Waals surface area contributed by atoms with E-state index < -0.39 is 11.9 Å². The van der Waals surface area contributed by atoms with E-state index in [1.807, 2.05) is 60.7 Å². The van der Waals surface area contributed by atoms with Crippen molar-refractivity contribution in [3.8, 4) is 0 Å². The van der Waals surface area contributed by atoms with Gasteiger partial charge in [0, 0.05) is 6.92 Å². The maximum absolute atomic E-state index is 11.8. The second-order valence-electron chi connectivity index (χ2n) is 5.56. The lowest BCUT2D eigenvalue weighted by Crippen LogP contribution is -2.37. The van der Waals surface area contributed by atoms with Crippen LogP contribution in [0.4, 0.5) is 0 Å². The summed E-state index contributed by atoms with van der Waals surface area (Å²) in [7, 11) is 0. The van der Waals surface area contributed by atoms with Crippen molar-refractivity contribution < 1.29 is 19.5 Å². The molecule has 1 atom stereocenters. The lowest BCUT2D eigenvalue weighted by atomic mass is 9.99. The summed E-state index contributed by atoms with van der Waals surface area (Å²) in [5, 5.41) is 10.6. The minimum Gasteiger partial charge on any atom is -0.481 e. The van der Waals surface area contributed by atoms with Crippen LogP contribution >= 0.6 is 0 Å². The summed E-state index contributed by atoms with van der Waals surface area (Å²) < 4.78 is 0. The van der Waals surface area contributed by atoms with Crippen molar-refractivity contribution in [2.75, 3.05) is 6.54 Å². The molecule has 0 bridgehead atoms. The fraction of sp³-hybridized carbons (Fsp3) is 0.263. The van der Waals surface area contributed by atoms with Crippen molar-refractivity contribution in [3.05, 3.63) is 71.8 Å². The number of carbonyl (C=O) groups is 2. The van der Waals surface area contributed by atoms with Crippen LogP contribution in [0, 0.1) is 5.92 Å². The molecule has 1 N–H and O–H groups in total. The Balaban J connectivity index is 2.00. The van der Waals surface area contributed by atoms with Crippen LogP contribution in [0.15, 0.2) is 60.7 Å². The van der Waals surface area contributed by atoms with E-state index in [-0.39, 0.29) is 19.1 Å². The van der Waals surface area contributed by atoms with Crippen molar-refractivity contribution in [2.24, 2.45) is 5.92 Å². The summed E-state index contributed by atoms with van der Waals surface area (Å²) in [4.78, 5) is 28.9. The summed E-state index contributed by atoms with van der Waals surface area (Å²) in [6, 6.07) is 18.8. The average Bonchev–Trinajstić information content (AvgIpc) is 2.59. The van der Waals surface area contributed by atoms with Crippen molar-refractivity contribution in [3.63, 3.8) is 0 Å². The maximum Gasteiger partial charge on any atom is 0.308 e. The van der Waals surface area contributed by atoms with E-state index in [4.69, 9.17) is 4.84 Å². The van der Waals surface area contributed by atoms with Gasteiger partial charge in [-0.1, -0.05) is 60.7 Å². The minimum absolute atomic E-state index is 0.00634. The summed E-state index contributed by atoms with van der Waals surface area (Å²) in [6.45, 7) is 1.59. The third-order valence-electron chi connectivity index (χ3n) is 3.64. The number of hydrogen-bond donors (Lipinski definition) is 1. The lowest BCUT2D eigenvalue weighted by Gasteiger charge is -2.24. The van der Waals surface area contributed by atoms with Crippen LogP contribution in [0.25, 0.3) is 0 Å². The molecule has 0 saturated heterocycles. The second-order valence-corrected chi connectivity index (χ2v) is 5.56. The van der Waals surface area contributed by atoms with Gasteiger partial charge in [-0.2, -0.15) is 0 Å². The highest BCUT2D eigenvalue weighted by Gasteiger charge is 2.24. The Labute approximate surface area is 141 Å². The third-order valence-corrected chi connectivity index (χ3v) is 3.64. The molecular weight excluding hydrogens is 306 g/mol. The van der Waals surface area contributed by atoms with E-state index >= 15 is 0 Å². The SMILES string of the molecule is CC(=O)N(CC(Cc1ccccc1)C(=O)O)OCc1ccccc1. The Hall–Kier alpha value is -2.66. The number of benzene rings is 2. The summed E-state index contributed by atoms with van der Waals surface area (Å²) >= 11 is 0. The minimum atomic E-state index is -0.951. The number of amides is 1. The number of nitrogens with zero attached hydrogens (tertiary/aromatic N) is 1. The van der Waals surface area contributed by atoms with E-state index in [9.17, 15) is 14.7 Å². The van der Waals surface area contributed by atoms with Gasteiger partial charge in [-0.3, -0.25) is 14.4 Å². The largest absolute Gasteiger partial charge is 0.481 e. The number of hydrogen-bond acceptors (Lipinski definition) is 3. The van der Waals surface area contributed by atoms with Gasteiger partial charge in [0.05, 0.1) is 12.5 Å². The molecule has 0 aliphatic rings. The zero-order chi connectivity index (χ0) is 17.4. The molecule has 0 saturated carbocycles. The molecule has 0 aliphatic carbocycles. The molecule has 2 aromatic carbocycles. The van der Waals surface area contributed by atoms with Gasteiger partial charge in [-0.15, -0.1) is 0 Å². The molecule has 126 valence electrons. The first-order valence-electron chi connectivity index (χ1n) is 7.78. The molecule has 5 heteroatoms. The van der Waals surface area contributed by atoms with Crippen LogP contribution in [0.1, 0.15) is 18.1 Å². The Morgan fingerprint density at radius 2 is 1.54 bits per heavy atom. The highest BCUT2D eigenvalue weighted by molar-refractivity contribution is 5.74. The van der Waals surface area contributed by atoms with Gasteiger partial charge in [0.1, 0.15) is 6.61 Å². The number of carboxylic acid groups (broad SMARTS) is 1. The van der Waals surface area contributed by atoms with Crippen LogP contribution in [-0.4, -0.2) is 28.6 Å². The molecule has 2 aromatic rings. The number of aliphatic carboxylic acids is 1. The second kappa shape index (κ2) is 8.84. The molecule has 2 rings (SSSR count). The molecule has 1 unspecified atom stereocenters. The fourth-order valence-electron chi connectivity index (χ4n) is 2.33. The molecular formula is C19H21NO4. The zero-order valence-electron chi connectivity index (χ0n) is 13.6. The van der Waals surface area contributed by atoms with Crippen LogP contribution < -0.4 is 0 Å². The molecule has 5 nitrogen and oxygen atoms in total. The molecule has 0 spiro atoms. The number of carboxylic acids is 1. The Bertz CT molecular complexity index is 658. The van der Waals surface area contributed by atoms with Crippen molar-refractivity contribution >= 4 is 11.9 Å². The summed E-state index contributed by atoms with van der Waals surface area (Å²) in [6.07, 6.45) is 0.342. The first-order valence-corrected chi connectivity index (χ1v) is 7.78. The molecule has 1 amide bonds. The predicted molar refractivity (Wildman–Crippen MR) is 89.9 cm³/mol. The number of hydroxylamine groups is 2. The van der Waals surface area contributed by atoms with E-state index in [1.165, 1.54) is 6.92 Å². The summed E-state index contributed by atoms with van der Waals surface area (Å²) in [5.41, 5.74) is 1.83. The highest BCUT2D eigenvalue weighted by Crippen LogP contribution is 2.13. The van der Waals surface area contributed by atoms with Crippen molar-refractivity contribution in [1.82, 2.24) is 5.06 Å². The highest BCUT2D eigenvalue weighted by atomic mass is 16.7. The van der Waals surface area contributed by atoms with Crippen LogP contribution in [0.3, 0.4) is 0 Å². The van der Waals surface area contributed by atoms with Crippen molar-refractivity contribution in [1.29, 1.82) is 0 Å². The lowest BCUT2D eigenvalue weighted by molar-refractivity contribution is -0.194. The van der Waals surface area contributed by atoms with E-state index in [1.54, 1.807) is 0 Å². The Morgan fingerprint density at radius 3 is 2.04 bits per heavy atom. The zero-order valence-corrected chi connectivity index (χ0v) is 13.6. The third kappa shape index (κ3) is 5.52. The van der Waals surface area contributed by atoms with Gasteiger partial charge in [0.2, 0.25) is 5.91 Å². The molecule has 24 heavy (non-hydrogen) atoms. The monoisotopic (exact) mass is 327 g/mol. The van der Waals surface area contributed by atoms with E-state index in [0.29, 0.717) is 6.42 Å². The Kier molecular flexibility index (Phi) is 6.51. The van der Waals surface area contributed by atoms with E-state index in [2.05, 4.69) is 0 Å². The normalized spacial score (nSPS) is 11.7. The number of carbonyl (C=O) groups excluding carboxylic acids is 1. The molecule has 0 heterocycles. The smallest absolute Gasteiger partial charge is 0.308 e. The Morgan fingerprint density at radius 1 is 1.00 bits per heavy atom. The van der Waals surface area contributed by atoms with Gasteiger partial charge in [0.15, 0.2) is 0 Å². The molecule has 0 aromatic heterocycles. The number of rotatable bonds is 8. The fourth-order valence-corrected chi connectivity index (χ4v) is 2.33. The van der Waals surface area contributed by atoms with Crippen LogP contribution in [0.2, 0.25) is 0 Å². The van der Waals surface area contributed by atoms with Crippen LogP contribution in [-0.2, 0) is 27.5 Å². The van der Waals surface area contributed by atoms with Crippen LogP contribution in [0.5, 0.6) is 0 Å². The van der Waals surface area contributed by atoms with Crippen molar-refractivity contribution in [2.45, 2.75) is 20.0 Å². The molecule has 0 radical (unpaired) electrons. The first-order chi connectivity index (χ1) is 11.6. The summed E-state index contributed by atoms with van der Waals surface area (Å²) in [5.74, 6) is -1.99. The first kappa shape index (κ1) is 17.7.